The summed E-state index contributed by atoms with van der Waals surface area (Å²) < 4.78 is 5.00. The van der Waals surface area contributed by atoms with Crippen molar-refractivity contribution in [1.82, 2.24) is 0 Å². The van der Waals surface area contributed by atoms with Crippen LogP contribution in [0, 0.1) is 10.1 Å². The van der Waals surface area contributed by atoms with Gasteiger partial charge < -0.3 is 20.9 Å². The number of anilines is 1. The van der Waals surface area contributed by atoms with Crippen molar-refractivity contribution >= 4 is 11.4 Å². The second-order valence-corrected chi connectivity index (χ2v) is 3.93. The van der Waals surface area contributed by atoms with Gasteiger partial charge in [-0.3, -0.25) is 10.1 Å². The van der Waals surface area contributed by atoms with Gasteiger partial charge in [0.25, 0.3) is 5.69 Å². The Bertz CT molecular complexity index is 423. The minimum absolute atomic E-state index is 0.0615. The average Bonchev–Trinajstić information content (AvgIpc) is 2.34. The van der Waals surface area contributed by atoms with Crippen molar-refractivity contribution in [2.24, 2.45) is 5.73 Å². The molecule has 2 atom stereocenters. The number of methoxy groups -OCH3 is 1. The van der Waals surface area contributed by atoms with E-state index in [1.807, 2.05) is 0 Å². The van der Waals surface area contributed by atoms with Crippen LogP contribution in [-0.4, -0.2) is 35.8 Å². The molecule has 2 unspecified atom stereocenters. The molecule has 0 saturated heterocycles. The molecule has 0 amide bonds. The van der Waals surface area contributed by atoms with Gasteiger partial charge in [0.1, 0.15) is 11.4 Å². The number of aliphatic hydroxyl groups excluding tert-OH is 1. The van der Waals surface area contributed by atoms with Gasteiger partial charge in [-0.25, -0.2) is 0 Å². The largest absolute Gasteiger partial charge is 0.497 e. The topological polar surface area (TPSA) is 111 Å². The van der Waals surface area contributed by atoms with E-state index in [9.17, 15) is 15.2 Å². The van der Waals surface area contributed by atoms with Crippen LogP contribution >= 0.6 is 0 Å². The average molecular weight is 255 g/mol. The van der Waals surface area contributed by atoms with E-state index in [2.05, 4.69) is 5.32 Å². The molecule has 1 aromatic carbocycles. The number of nitrogens with zero attached hydrogens (tertiary/aromatic N) is 1. The number of nitro groups is 1. The lowest BCUT2D eigenvalue weighted by molar-refractivity contribution is -0.384. The zero-order valence-electron chi connectivity index (χ0n) is 10.3. The maximum Gasteiger partial charge on any atom is 0.292 e. The molecule has 0 heterocycles. The molecule has 0 bridgehead atoms. The Morgan fingerprint density at radius 3 is 2.78 bits per heavy atom. The maximum absolute atomic E-state index is 10.8. The number of benzene rings is 1. The Kier molecular flexibility index (Phi) is 4.87. The van der Waals surface area contributed by atoms with Gasteiger partial charge in [-0.05, 0) is 13.0 Å². The van der Waals surface area contributed by atoms with Crippen LogP contribution in [-0.2, 0) is 0 Å². The first-order valence-corrected chi connectivity index (χ1v) is 5.45. The molecule has 0 spiro atoms. The quantitative estimate of drug-likeness (QED) is 0.510. The molecule has 0 aliphatic rings. The summed E-state index contributed by atoms with van der Waals surface area (Å²) >= 11 is 0. The summed E-state index contributed by atoms with van der Waals surface area (Å²) in [6.07, 6.45) is -0.692. The maximum atomic E-state index is 10.8. The van der Waals surface area contributed by atoms with Gasteiger partial charge in [0.15, 0.2) is 0 Å². The highest BCUT2D eigenvalue weighted by molar-refractivity contribution is 5.64. The number of nitrogens with two attached hydrogens (primary N) is 1. The normalized spacial score (nSPS) is 13.8. The van der Waals surface area contributed by atoms with Crippen LogP contribution in [0.15, 0.2) is 18.2 Å². The minimum Gasteiger partial charge on any atom is -0.497 e. The molecule has 100 valence electrons. The Labute approximate surface area is 105 Å². The third kappa shape index (κ3) is 3.57. The number of rotatable bonds is 6. The number of aliphatic hydroxyl groups is 1. The number of nitrogens with one attached hydrogen (secondary N) is 1. The van der Waals surface area contributed by atoms with Crippen molar-refractivity contribution in [3.05, 3.63) is 28.3 Å². The van der Waals surface area contributed by atoms with E-state index in [1.54, 1.807) is 6.92 Å². The number of ether oxygens (including phenoxy) is 1. The van der Waals surface area contributed by atoms with E-state index >= 15 is 0 Å². The van der Waals surface area contributed by atoms with Crippen molar-refractivity contribution in [2.45, 2.75) is 19.1 Å². The predicted octanol–water partition coefficient (Wildman–Crippen LogP) is 0.723. The highest BCUT2D eigenvalue weighted by Gasteiger charge is 2.16. The molecule has 7 nitrogen and oxygen atoms in total. The lowest BCUT2D eigenvalue weighted by Crippen LogP contribution is -2.38. The lowest BCUT2D eigenvalue weighted by Gasteiger charge is -2.16. The molecule has 1 rings (SSSR count). The summed E-state index contributed by atoms with van der Waals surface area (Å²) in [6.45, 7) is 1.79. The predicted molar refractivity (Wildman–Crippen MR) is 67.8 cm³/mol. The fourth-order valence-corrected chi connectivity index (χ4v) is 1.34. The molecular weight excluding hydrogens is 238 g/mol. The second-order valence-electron chi connectivity index (χ2n) is 3.93. The van der Waals surface area contributed by atoms with Gasteiger partial charge in [0, 0.05) is 24.7 Å². The Morgan fingerprint density at radius 1 is 1.61 bits per heavy atom. The Morgan fingerprint density at radius 2 is 2.28 bits per heavy atom. The summed E-state index contributed by atoms with van der Waals surface area (Å²) in [5.41, 5.74) is 5.90. The molecule has 0 radical (unpaired) electrons. The number of nitro benzene ring substituents is 1. The fraction of sp³-hybridized carbons (Fsp3) is 0.455. The van der Waals surface area contributed by atoms with Crippen molar-refractivity contribution < 1.29 is 14.8 Å². The van der Waals surface area contributed by atoms with Crippen LogP contribution in [0.3, 0.4) is 0 Å². The minimum atomic E-state index is -0.692. The number of hydrogen-bond donors (Lipinski definition) is 3. The van der Waals surface area contributed by atoms with E-state index in [1.165, 1.54) is 25.3 Å². The summed E-state index contributed by atoms with van der Waals surface area (Å²) in [6, 6.07) is 3.88. The SMILES string of the molecule is COc1ccc([N+](=O)[O-])c(NCC(N)C(C)O)c1. The highest BCUT2D eigenvalue weighted by atomic mass is 16.6. The standard InChI is InChI=1S/C11H17N3O4/c1-7(15)9(12)6-13-10-5-8(18-2)3-4-11(10)14(16)17/h3-5,7,9,13,15H,6,12H2,1-2H3. The molecule has 0 aliphatic heterocycles. The van der Waals surface area contributed by atoms with Crippen molar-refractivity contribution in [3.8, 4) is 5.75 Å². The van der Waals surface area contributed by atoms with Gasteiger partial charge in [0.2, 0.25) is 0 Å². The third-order valence-corrected chi connectivity index (χ3v) is 2.55. The summed E-state index contributed by atoms with van der Waals surface area (Å²) in [4.78, 5) is 10.4. The van der Waals surface area contributed by atoms with Crippen LogP contribution in [0.25, 0.3) is 0 Å². The highest BCUT2D eigenvalue weighted by Crippen LogP contribution is 2.28. The van der Waals surface area contributed by atoms with Gasteiger partial charge in [-0.2, -0.15) is 0 Å². The molecule has 18 heavy (non-hydrogen) atoms. The van der Waals surface area contributed by atoms with E-state index in [4.69, 9.17) is 10.5 Å². The van der Waals surface area contributed by atoms with Crippen molar-refractivity contribution in [2.75, 3.05) is 19.0 Å². The third-order valence-electron chi connectivity index (χ3n) is 2.55. The zero-order chi connectivity index (χ0) is 13.7. The summed E-state index contributed by atoms with van der Waals surface area (Å²) in [5, 5.41) is 22.9. The molecule has 4 N–H and O–H groups in total. The van der Waals surface area contributed by atoms with E-state index in [0.29, 0.717) is 11.4 Å². The van der Waals surface area contributed by atoms with Crippen molar-refractivity contribution in [3.63, 3.8) is 0 Å². The van der Waals surface area contributed by atoms with Crippen LogP contribution in [0.2, 0.25) is 0 Å². The Balaban J connectivity index is 2.87. The number of hydrogen-bond acceptors (Lipinski definition) is 6. The molecule has 0 aromatic heterocycles. The van der Waals surface area contributed by atoms with Crippen molar-refractivity contribution in [1.29, 1.82) is 0 Å². The molecule has 0 saturated carbocycles. The van der Waals surface area contributed by atoms with Gasteiger partial charge >= 0.3 is 0 Å². The smallest absolute Gasteiger partial charge is 0.292 e. The molecule has 7 heteroatoms. The summed E-state index contributed by atoms with van der Waals surface area (Å²) in [7, 11) is 1.48. The van der Waals surface area contributed by atoms with E-state index in [-0.39, 0.29) is 12.2 Å². The van der Waals surface area contributed by atoms with Crippen LogP contribution in [0.4, 0.5) is 11.4 Å². The fourth-order valence-electron chi connectivity index (χ4n) is 1.34. The zero-order valence-corrected chi connectivity index (χ0v) is 10.3. The van der Waals surface area contributed by atoms with Gasteiger partial charge in [-0.15, -0.1) is 0 Å². The molecule has 0 aliphatic carbocycles. The monoisotopic (exact) mass is 255 g/mol. The summed E-state index contributed by atoms with van der Waals surface area (Å²) in [5.74, 6) is 0.508. The lowest BCUT2D eigenvalue weighted by atomic mass is 10.2. The molecule has 0 fully saturated rings. The Hall–Kier alpha value is -1.86. The van der Waals surface area contributed by atoms with E-state index < -0.39 is 17.1 Å². The van der Waals surface area contributed by atoms with E-state index in [0.717, 1.165) is 0 Å². The van der Waals surface area contributed by atoms with Crippen LogP contribution in [0.1, 0.15) is 6.92 Å². The van der Waals surface area contributed by atoms with Crippen LogP contribution < -0.4 is 15.8 Å². The molecule has 1 aromatic rings. The first-order valence-electron chi connectivity index (χ1n) is 5.45. The van der Waals surface area contributed by atoms with Gasteiger partial charge in [-0.1, -0.05) is 0 Å². The first kappa shape index (κ1) is 14.2. The van der Waals surface area contributed by atoms with Gasteiger partial charge in [0.05, 0.1) is 18.1 Å². The second kappa shape index (κ2) is 6.18. The molecular formula is C11H17N3O4. The first-order chi connectivity index (χ1) is 8.45. The van der Waals surface area contributed by atoms with Crippen LogP contribution in [0.5, 0.6) is 5.75 Å².